The molecular weight excluding hydrogens is 482 g/mol. The Hall–Kier alpha value is -1.66. The van der Waals surface area contributed by atoms with Crippen molar-refractivity contribution in [3.8, 4) is 11.5 Å². The van der Waals surface area contributed by atoms with E-state index in [0.29, 0.717) is 39.8 Å². The van der Waals surface area contributed by atoms with Crippen molar-refractivity contribution in [2.24, 2.45) is 0 Å². The number of aromatic nitrogens is 2. The third kappa shape index (κ3) is 4.82. The van der Waals surface area contributed by atoms with Crippen LogP contribution in [0.2, 0.25) is 16.6 Å². The number of halogens is 1. The Morgan fingerprint density at radius 3 is 2.11 bits per heavy atom. The molecule has 2 saturated heterocycles. The van der Waals surface area contributed by atoms with Crippen LogP contribution in [-0.2, 0) is 14.0 Å². The van der Waals surface area contributed by atoms with Crippen LogP contribution < -0.4 is 5.59 Å². The van der Waals surface area contributed by atoms with E-state index >= 15 is 4.39 Å². The van der Waals surface area contributed by atoms with E-state index in [9.17, 15) is 0 Å². The summed E-state index contributed by atoms with van der Waals surface area (Å²) in [5, 5.41) is 5.68. The zero-order valence-electron chi connectivity index (χ0n) is 24.4. The highest BCUT2D eigenvalue weighted by molar-refractivity contribution is 6.90. The smallest absolute Gasteiger partial charge is 0.398 e. The van der Waals surface area contributed by atoms with Crippen molar-refractivity contribution in [1.29, 1.82) is 0 Å². The van der Waals surface area contributed by atoms with Crippen LogP contribution in [0.4, 0.5) is 4.39 Å². The van der Waals surface area contributed by atoms with E-state index < -0.39 is 26.4 Å². The van der Waals surface area contributed by atoms with E-state index in [-0.39, 0.29) is 12.0 Å². The lowest BCUT2D eigenvalue weighted by atomic mass is 9.81. The molecule has 1 unspecified atom stereocenters. The van der Waals surface area contributed by atoms with Gasteiger partial charge in [0.05, 0.1) is 22.3 Å². The van der Waals surface area contributed by atoms with Gasteiger partial charge in [-0.2, -0.15) is 5.10 Å². The number of ether oxygens (including phenoxy) is 1. The second-order valence-corrected chi connectivity index (χ2v) is 18.3. The van der Waals surface area contributed by atoms with E-state index in [0.717, 1.165) is 24.8 Å². The molecular formula is C29H44BFN2O3Si. The number of fused-ring (bicyclic) bond motifs is 1. The summed E-state index contributed by atoms with van der Waals surface area (Å²) in [5.74, 6) is 3.06. The van der Waals surface area contributed by atoms with Gasteiger partial charge in [0.25, 0.3) is 0 Å². The van der Waals surface area contributed by atoms with Crippen LogP contribution in [0.15, 0.2) is 12.1 Å². The standard InChI is InChI=1S/C29H44BFN2O3Si/c1-19(2)37(20(3)4,21(5)6)18-16-22-23(31)14-15-24-26(22)27(30-35-28(7,8)29(9,10)36-30)32-33(24)25-13-11-12-17-34-25/h14-15,19-21,25H,11-13,17H2,1-10H3. The summed E-state index contributed by atoms with van der Waals surface area (Å²) < 4.78 is 36.5. The fourth-order valence-electron chi connectivity index (χ4n) is 6.22. The molecule has 3 heterocycles. The molecule has 0 amide bonds. The van der Waals surface area contributed by atoms with Crippen LogP contribution in [0.5, 0.6) is 0 Å². The monoisotopic (exact) mass is 526 g/mol. The van der Waals surface area contributed by atoms with Crippen LogP contribution in [0, 0.1) is 17.3 Å². The number of rotatable bonds is 5. The third-order valence-corrected chi connectivity index (χ3v) is 15.3. The Labute approximate surface area is 224 Å². The molecule has 37 heavy (non-hydrogen) atoms. The molecule has 0 aliphatic carbocycles. The van der Waals surface area contributed by atoms with Gasteiger partial charge in [0.2, 0.25) is 0 Å². The fraction of sp³-hybridized carbons (Fsp3) is 0.690. The highest BCUT2D eigenvalue weighted by atomic mass is 28.3. The summed E-state index contributed by atoms with van der Waals surface area (Å²) in [6.07, 6.45) is 2.77. The summed E-state index contributed by atoms with van der Waals surface area (Å²) >= 11 is 0. The van der Waals surface area contributed by atoms with Crippen molar-refractivity contribution in [2.75, 3.05) is 6.61 Å². The molecule has 1 aromatic heterocycles. The fourth-order valence-corrected chi connectivity index (χ4v) is 11.4. The lowest BCUT2D eigenvalue weighted by Crippen LogP contribution is -2.43. The normalized spacial score (nSPS) is 21.8. The quantitative estimate of drug-likeness (QED) is 0.320. The number of nitrogens with zero attached hydrogens (tertiary/aromatic N) is 2. The first-order valence-electron chi connectivity index (χ1n) is 13.9. The van der Waals surface area contributed by atoms with Crippen molar-refractivity contribution in [3.05, 3.63) is 23.5 Å². The Bertz CT molecular complexity index is 1170. The average Bonchev–Trinajstić information content (AvgIpc) is 3.29. The number of hydrogen-bond donors (Lipinski definition) is 0. The van der Waals surface area contributed by atoms with Gasteiger partial charge in [-0.3, -0.25) is 0 Å². The number of benzene rings is 1. The van der Waals surface area contributed by atoms with Gasteiger partial charge in [-0.1, -0.05) is 47.5 Å². The van der Waals surface area contributed by atoms with E-state index in [4.69, 9.17) is 19.1 Å². The van der Waals surface area contributed by atoms with Crippen molar-refractivity contribution < 1.29 is 18.4 Å². The molecule has 0 saturated carbocycles. The summed E-state index contributed by atoms with van der Waals surface area (Å²) in [6, 6.07) is 3.32. The van der Waals surface area contributed by atoms with Crippen LogP contribution in [0.25, 0.3) is 10.9 Å². The van der Waals surface area contributed by atoms with E-state index in [2.05, 4.69) is 53.0 Å². The van der Waals surface area contributed by atoms with Gasteiger partial charge < -0.3 is 14.0 Å². The molecule has 4 rings (SSSR count). The van der Waals surface area contributed by atoms with Gasteiger partial charge in [0.15, 0.2) is 6.23 Å². The Morgan fingerprint density at radius 2 is 1.59 bits per heavy atom. The van der Waals surface area contributed by atoms with E-state index in [1.165, 1.54) is 6.07 Å². The summed E-state index contributed by atoms with van der Waals surface area (Å²) in [6.45, 7) is 22.4. The molecule has 0 spiro atoms. The van der Waals surface area contributed by atoms with Gasteiger partial charge in [-0.15, -0.1) is 5.54 Å². The molecule has 202 valence electrons. The largest absolute Gasteiger partial charge is 0.517 e. The highest BCUT2D eigenvalue weighted by Crippen LogP contribution is 2.41. The molecule has 0 N–H and O–H groups in total. The second-order valence-electron chi connectivity index (χ2n) is 12.7. The van der Waals surface area contributed by atoms with E-state index in [1.54, 1.807) is 6.07 Å². The summed E-state index contributed by atoms with van der Waals surface area (Å²) in [4.78, 5) is 0. The first kappa shape index (κ1) is 28.4. The van der Waals surface area contributed by atoms with Crippen LogP contribution in [-0.4, -0.2) is 42.8 Å². The molecule has 1 atom stereocenters. The van der Waals surface area contributed by atoms with Gasteiger partial charge in [-0.25, -0.2) is 9.07 Å². The van der Waals surface area contributed by atoms with Crippen molar-refractivity contribution in [1.82, 2.24) is 9.78 Å². The van der Waals surface area contributed by atoms with Crippen molar-refractivity contribution in [3.63, 3.8) is 0 Å². The highest BCUT2D eigenvalue weighted by Gasteiger charge is 2.53. The number of hydrogen-bond acceptors (Lipinski definition) is 4. The Kier molecular flexibility index (Phi) is 7.77. The topological polar surface area (TPSA) is 45.5 Å². The van der Waals surface area contributed by atoms with Gasteiger partial charge in [-0.05, 0) is 75.7 Å². The van der Waals surface area contributed by atoms with Crippen LogP contribution in [0.1, 0.15) is 100 Å². The van der Waals surface area contributed by atoms with Crippen LogP contribution >= 0.6 is 0 Å². The minimum Gasteiger partial charge on any atom is -0.398 e. The average molecular weight is 527 g/mol. The third-order valence-electron chi connectivity index (χ3n) is 9.03. The maximum atomic E-state index is 15.7. The molecule has 2 aliphatic heterocycles. The lowest BCUT2D eigenvalue weighted by Gasteiger charge is -2.38. The molecule has 0 radical (unpaired) electrons. The first-order chi connectivity index (χ1) is 17.2. The maximum absolute atomic E-state index is 15.7. The molecule has 2 aromatic rings. The molecule has 2 fully saturated rings. The lowest BCUT2D eigenvalue weighted by molar-refractivity contribution is -0.0364. The van der Waals surface area contributed by atoms with Gasteiger partial charge in [0, 0.05) is 12.0 Å². The predicted octanol–water partition coefficient (Wildman–Crippen LogP) is 6.74. The minimum absolute atomic E-state index is 0.200. The molecule has 8 heteroatoms. The SMILES string of the molecule is CC(C)[Si](C#Cc1c(F)ccc2c1c(B1OC(C)(C)C(C)(C)O1)nn2C1CCCCO1)(C(C)C)C(C)C. The van der Waals surface area contributed by atoms with Crippen molar-refractivity contribution >= 4 is 31.7 Å². The van der Waals surface area contributed by atoms with Gasteiger partial charge in [0.1, 0.15) is 19.5 Å². The van der Waals surface area contributed by atoms with E-state index in [1.807, 2.05) is 32.4 Å². The van der Waals surface area contributed by atoms with Crippen LogP contribution in [0.3, 0.4) is 0 Å². The first-order valence-corrected chi connectivity index (χ1v) is 16.2. The second kappa shape index (κ2) is 10.1. The summed E-state index contributed by atoms with van der Waals surface area (Å²) in [5.41, 5.74) is 5.77. The molecule has 1 aromatic carbocycles. The Balaban J connectivity index is 1.97. The zero-order valence-corrected chi connectivity index (χ0v) is 25.4. The summed E-state index contributed by atoms with van der Waals surface area (Å²) in [7, 11) is -2.80. The minimum atomic E-state index is -2.08. The maximum Gasteiger partial charge on any atom is 0.517 e. The van der Waals surface area contributed by atoms with Gasteiger partial charge >= 0.3 is 7.12 Å². The molecule has 0 bridgehead atoms. The van der Waals surface area contributed by atoms with Crippen molar-refractivity contribution in [2.45, 2.75) is 123 Å². The predicted molar refractivity (Wildman–Crippen MR) is 152 cm³/mol. The molecule has 2 aliphatic rings. The molecule has 5 nitrogen and oxygen atoms in total. The zero-order chi connectivity index (χ0) is 27.3. The Morgan fingerprint density at radius 1 is 1.00 bits per heavy atom.